The Morgan fingerprint density at radius 3 is 2.57 bits per heavy atom. The van der Waals surface area contributed by atoms with Crippen molar-refractivity contribution < 1.29 is 22.6 Å². The van der Waals surface area contributed by atoms with Crippen LogP contribution in [0, 0.1) is 0 Å². The summed E-state index contributed by atoms with van der Waals surface area (Å²) in [7, 11) is 0. The number of nitrogens with one attached hydrogen (secondary N) is 1. The number of thiazole rings is 1. The lowest BCUT2D eigenvalue weighted by atomic mass is 10.1. The molecule has 0 unspecified atom stereocenters. The molecule has 3 rings (SSSR count). The van der Waals surface area contributed by atoms with Crippen LogP contribution in [0.1, 0.15) is 11.1 Å². The van der Waals surface area contributed by atoms with Gasteiger partial charge in [-0.3, -0.25) is 5.43 Å². The summed E-state index contributed by atoms with van der Waals surface area (Å²) in [5.74, 6) is 0.559. The Kier molecular flexibility index (Phi) is 5.99. The molecular weight excluding hydrogens is 393 g/mol. The van der Waals surface area contributed by atoms with Crippen molar-refractivity contribution in [1.29, 1.82) is 0 Å². The maximum Gasteiger partial charge on any atom is 0.573 e. The van der Waals surface area contributed by atoms with Gasteiger partial charge in [-0.2, -0.15) is 5.10 Å². The summed E-state index contributed by atoms with van der Waals surface area (Å²) >= 11 is 1.35. The van der Waals surface area contributed by atoms with E-state index in [1.807, 2.05) is 24.3 Å². The Balaban J connectivity index is 1.54. The summed E-state index contributed by atoms with van der Waals surface area (Å²) in [5.41, 5.74) is 10.0. The van der Waals surface area contributed by atoms with Crippen molar-refractivity contribution in [3.63, 3.8) is 0 Å². The fraction of sp³-hybridized carbons (Fsp3) is 0.111. The van der Waals surface area contributed by atoms with E-state index in [0.29, 0.717) is 16.7 Å². The van der Waals surface area contributed by atoms with Crippen molar-refractivity contribution in [2.45, 2.75) is 13.0 Å². The number of halogens is 3. The highest BCUT2D eigenvalue weighted by atomic mass is 32.1. The molecule has 0 aliphatic heterocycles. The minimum atomic E-state index is -4.72. The number of benzene rings is 2. The normalized spacial score (nSPS) is 11.5. The molecule has 0 aliphatic rings. The van der Waals surface area contributed by atoms with Crippen LogP contribution in [-0.2, 0) is 6.61 Å². The van der Waals surface area contributed by atoms with Crippen molar-refractivity contribution in [3.05, 3.63) is 65.0 Å². The van der Waals surface area contributed by atoms with Gasteiger partial charge in [-0.05, 0) is 41.5 Å². The standard InChI is InChI=1S/C18H15F3N4O2S/c19-18(20,21)27-15-6-4-14(5-7-15)26-10-13-3-1-2-12(8-13)9-23-25-17-24-16(22)11-28-17/h1-9,11H,10,22H2,(H,24,25). The molecule has 3 N–H and O–H groups in total. The van der Waals surface area contributed by atoms with E-state index >= 15 is 0 Å². The van der Waals surface area contributed by atoms with Gasteiger partial charge < -0.3 is 15.2 Å². The van der Waals surface area contributed by atoms with Crippen LogP contribution in [0.15, 0.2) is 59.0 Å². The van der Waals surface area contributed by atoms with Crippen molar-refractivity contribution in [2.24, 2.45) is 5.10 Å². The Morgan fingerprint density at radius 1 is 1.14 bits per heavy atom. The van der Waals surface area contributed by atoms with Crippen LogP contribution in [0.25, 0.3) is 0 Å². The molecule has 0 amide bonds. The maximum atomic E-state index is 12.2. The number of hydrogen-bond donors (Lipinski definition) is 2. The monoisotopic (exact) mass is 408 g/mol. The molecule has 0 radical (unpaired) electrons. The summed E-state index contributed by atoms with van der Waals surface area (Å²) in [4.78, 5) is 4.03. The molecule has 0 spiro atoms. The number of ether oxygens (including phenoxy) is 2. The summed E-state index contributed by atoms with van der Waals surface area (Å²) < 4.78 is 45.9. The molecule has 0 fully saturated rings. The SMILES string of the molecule is Nc1csc(NN=Cc2cccc(COc3ccc(OC(F)(F)F)cc3)c2)n1. The second kappa shape index (κ2) is 8.61. The number of alkyl halides is 3. The van der Waals surface area contributed by atoms with Crippen molar-refractivity contribution in [1.82, 2.24) is 4.98 Å². The molecule has 10 heteroatoms. The van der Waals surface area contributed by atoms with E-state index in [2.05, 4.69) is 20.2 Å². The minimum absolute atomic E-state index is 0.248. The van der Waals surface area contributed by atoms with Crippen molar-refractivity contribution in [3.8, 4) is 11.5 Å². The molecule has 3 aromatic rings. The third-order valence-electron chi connectivity index (χ3n) is 3.31. The minimum Gasteiger partial charge on any atom is -0.489 e. The lowest BCUT2D eigenvalue weighted by molar-refractivity contribution is -0.274. The molecule has 0 saturated heterocycles. The van der Waals surface area contributed by atoms with Gasteiger partial charge in [0.05, 0.1) is 6.21 Å². The molecule has 2 aromatic carbocycles. The van der Waals surface area contributed by atoms with Gasteiger partial charge in [-0.1, -0.05) is 18.2 Å². The second-order valence-electron chi connectivity index (χ2n) is 5.50. The zero-order valence-electron chi connectivity index (χ0n) is 14.3. The molecule has 1 heterocycles. The predicted octanol–water partition coefficient (Wildman–Crippen LogP) is 4.65. The van der Waals surface area contributed by atoms with Gasteiger partial charge in [-0.25, -0.2) is 4.98 Å². The quantitative estimate of drug-likeness (QED) is 0.439. The van der Waals surface area contributed by atoms with E-state index in [4.69, 9.17) is 10.5 Å². The molecule has 0 aliphatic carbocycles. The highest BCUT2D eigenvalue weighted by Crippen LogP contribution is 2.25. The zero-order chi connectivity index (χ0) is 20.0. The molecule has 6 nitrogen and oxygen atoms in total. The first-order valence-electron chi connectivity index (χ1n) is 7.95. The first kappa shape index (κ1) is 19.5. The Morgan fingerprint density at radius 2 is 1.89 bits per heavy atom. The van der Waals surface area contributed by atoms with Crippen LogP contribution < -0.4 is 20.6 Å². The lowest BCUT2D eigenvalue weighted by Gasteiger charge is -2.10. The van der Waals surface area contributed by atoms with Gasteiger partial charge in [0.15, 0.2) is 0 Å². The Labute approximate surface area is 162 Å². The van der Waals surface area contributed by atoms with Gasteiger partial charge in [0.1, 0.15) is 23.9 Å². The number of aromatic nitrogens is 1. The molecule has 1 aromatic heterocycles. The highest BCUT2D eigenvalue weighted by Gasteiger charge is 2.30. The molecule has 0 atom stereocenters. The molecule has 0 bridgehead atoms. The Bertz CT molecular complexity index is 943. The number of anilines is 2. The topological polar surface area (TPSA) is 81.8 Å². The van der Waals surface area contributed by atoms with Crippen LogP contribution in [0.5, 0.6) is 11.5 Å². The van der Waals surface area contributed by atoms with E-state index in [1.54, 1.807) is 11.6 Å². The van der Waals surface area contributed by atoms with Crippen molar-refractivity contribution >= 4 is 28.5 Å². The number of hydrazone groups is 1. The third-order valence-corrected chi connectivity index (χ3v) is 4.07. The maximum absolute atomic E-state index is 12.2. The van der Waals surface area contributed by atoms with Gasteiger partial charge >= 0.3 is 6.36 Å². The average molecular weight is 408 g/mol. The number of rotatable bonds is 7. The van der Waals surface area contributed by atoms with E-state index < -0.39 is 6.36 Å². The Hall–Kier alpha value is -3.27. The van der Waals surface area contributed by atoms with E-state index in [0.717, 1.165) is 11.1 Å². The van der Waals surface area contributed by atoms with Gasteiger partial charge in [-0.15, -0.1) is 24.5 Å². The first-order chi connectivity index (χ1) is 13.4. The molecule has 0 saturated carbocycles. The van der Waals surface area contributed by atoms with Gasteiger partial charge in [0.25, 0.3) is 0 Å². The number of nitrogens with zero attached hydrogens (tertiary/aromatic N) is 2. The summed E-state index contributed by atoms with van der Waals surface area (Å²) in [6.45, 7) is 0.248. The van der Waals surface area contributed by atoms with Crippen LogP contribution in [0.3, 0.4) is 0 Å². The van der Waals surface area contributed by atoms with Crippen LogP contribution in [0.2, 0.25) is 0 Å². The third kappa shape index (κ3) is 6.16. The summed E-state index contributed by atoms with van der Waals surface area (Å²) in [5, 5.41) is 6.39. The molecule has 146 valence electrons. The summed E-state index contributed by atoms with van der Waals surface area (Å²) in [6.07, 6.45) is -3.09. The van der Waals surface area contributed by atoms with Gasteiger partial charge in [0.2, 0.25) is 5.13 Å². The second-order valence-corrected chi connectivity index (χ2v) is 6.36. The molecular formula is C18H15F3N4O2S. The summed E-state index contributed by atoms with van der Waals surface area (Å²) in [6, 6.07) is 12.7. The smallest absolute Gasteiger partial charge is 0.489 e. The molecule has 28 heavy (non-hydrogen) atoms. The number of hydrogen-bond acceptors (Lipinski definition) is 7. The zero-order valence-corrected chi connectivity index (χ0v) is 15.1. The van der Waals surface area contributed by atoms with Crippen LogP contribution >= 0.6 is 11.3 Å². The predicted molar refractivity (Wildman–Crippen MR) is 102 cm³/mol. The highest BCUT2D eigenvalue weighted by molar-refractivity contribution is 7.14. The lowest BCUT2D eigenvalue weighted by Crippen LogP contribution is -2.16. The van der Waals surface area contributed by atoms with E-state index in [9.17, 15) is 13.2 Å². The van der Waals surface area contributed by atoms with Crippen molar-refractivity contribution in [2.75, 3.05) is 11.2 Å². The fourth-order valence-corrected chi connectivity index (χ4v) is 2.72. The number of nitrogens with two attached hydrogens (primary N) is 1. The first-order valence-corrected chi connectivity index (χ1v) is 8.83. The van der Waals surface area contributed by atoms with Crippen LogP contribution in [0.4, 0.5) is 24.1 Å². The van der Waals surface area contributed by atoms with Crippen LogP contribution in [-0.4, -0.2) is 17.6 Å². The average Bonchev–Trinajstić information content (AvgIpc) is 3.05. The largest absolute Gasteiger partial charge is 0.573 e. The van der Waals surface area contributed by atoms with E-state index in [1.165, 1.54) is 35.6 Å². The fourth-order valence-electron chi connectivity index (χ4n) is 2.17. The van der Waals surface area contributed by atoms with E-state index in [-0.39, 0.29) is 12.4 Å². The number of nitrogen functional groups attached to an aromatic ring is 1. The van der Waals surface area contributed by atoms with Gasteiger partial charge in [0, 0.05) is 5.38 Å².